The first kappa shape index (κ1) is 22.0. The topological polar surface area (TPSA) is 44.8 Å². The number of hydrogen-bond donors (Lipinski definition) is 0. The Morgan fingerprint density at radius 1 is 1.28 bits per heavy atom. The van der Waals surface area contributed by atoms with E-state index in [0.29, 0.717) is 5.57 Å². The number of allylic oxidation sites excluding steroid dienone is 3. The number of ether oxygens (including phenoxy) is 2. The van der Waals surface area contributed by atoms with E-state index in [1.54, 1.807) is 6.08 Å². The van der Waals surface area contributed by atoms with E-state index < -0.39 is 14.1 Å². The van der Waals surface area contributed by atoms with E-state index >= 15 is 0 Å². The van der Waals surface area contributed by atoms with Crippen LogP contribution in [0.3, 0.4) is 0 Å². The second-order valence-corrected chi connectivity index (χ2v) is 12.7. The van der Waals surface area contributed by atoms with Gasteiger partial charge >= 0.3 is 0 Å². The summed E-state index contributed by atoms with van der Waals surface area (Å²) in [6, 6.07) is 0. The van der Waals surface area contributed by atoms with E-state index in [9.17, 15) is 4.79 Å². The Bertz CT molecular complexity index is 536. The zero-order chi connectivity index (χ0) is 19.3. The second kappa shape index (κ2) is 8.58. The molecule has 0 aliphatic heterocycles. The number of Topliss-reactive ketones (excluding diaryl/α,β-unsaturated/α-hetero) is 1. The molecule has 142 valence electrons. The number of ketones is 1. The largest absolute Gasteiger partial charge is 0.410 e. The van der Waals surface area contributed by atoms with E-state index in [2.05, 4.69) is 40.4 Å². The molecule has 4 nitrogen and oxygen atoms in total. The molecule has 0 aromatic carbocycles. The summed E-state index contributed by atoms with van der Waals surface area (Å²) in [5.74, 6) is -1.53. The van der Waals surface area contributed by atoms with Crippen molar-refractivity contribution in [1.29, 1.82) is 0 Å². The minimum atomic E-state index is -2.03. The van der Waals surface area contributed by atoms with Gasteiger partial charge in [-0.1, -0.05) is 39.0 Å². The third-order valence-electron chi connectivity index (χ3n) is 5.24. The van der Waals surface area contributed by atoms with E-state index in [-0.39, 0.29) is 16.9 Å². The van der Waals surface area contributed by atoms with Crippen molar-refractivity contribution in [3.05, 3.63) is 36.5 Å². The Labute approximate surface area is 154 Å². The minimum Gasteiger partial charge on any atom is -0.410 e. The van der Waals surface area contributed by atoms with Gasteiger partial charge in [0.05, 0.1) is 6.10 Å². The molecular weight excluding hydrogens is 332 g/mol. The van der Waals surface area contributed by atoms with Crippen LogP contribution in [0.5, 0.6) is 0 Å². The summed E-state index contributed by atoms with van der Waals surface area (Å²) in [5, 5.41) is 0.0669. The predicted octanol–water partition coefficient (Wildman–Crippen LogP) is 4.79. The van der Waals surface area contributed by atoms with Crippen molar-refractivity contribution in [3.63, 3.8) is 0 Å². The van der Waals surface area contributed by atoms with E-state index in [0.717, 1.165) is 19.3 Å². The highest BCUT2D eigenvalue weighted by molar-refractivity contribution is 6.74. The second-order valence-electron chi connectivity index (χ2n) is 7.97. The van der Waals surface area contributed by atoms with Crippen LogP contribution in [0.1, 0.15) is 40.0 Å². The van der Waals surface area contributed by atoms with Crippen molar-refractivity contribution >= 4 is 14.1 Å². The Kier molecular flexibility index (Phi) is 7.56. The number of carbonyl (C=O) groups excluding carboxylic acids is 1. The molecule has 0 bridgehead atoms. The lowest BCUT2D eigenvalue weighted by atomic mass is 9.91. The van der Waals surface area contributed by atoms with Crippen LogP contribution in [0.4, 0.5) is 0 Å². The van der Waals surface area contributed by atoms with Crippen LogP contribution >= 0.6 is 0 Å². The molecule has 25 heavy (non-hydrogen) atoms. The molecule has 0 amide bonds. The zero-order valence-corrected chi connectivity index (χ0v) is 17.8. The van der Waals surface area contributed by atoms with Crippen LogP contribution in [0.25, 0.3) is 0 Å². The average molecular weight is 367 g/mol. The van der Waals surface area contributed by atoms with Crippen LogP contribution in [-0.4, -0.2) is 40.2 Å². The van der Waals surface area contributed by atoms with Crippen LogP contribution in [-0.2, 0) is 18.7 Å². The van der Waals surface area contributed by atoms with Crippen molar-refractivity contribution in [3.8, 4) is 0 Å². The van der Waals surface area contributed by atoms with Crippen molar-refractivity contribution in [2.24, 2.45) is 0 Å². The molecule has 1 rings (SSSR count). The summed E-state index contributed by atoms with van der Waals surface area (Å²) in [6.45, 7) is 14.8. The van der Waals surface area contributed by atoms with Gasteiger partial charge in [-0.05, 0) is 43.5 Å². The van der Waals surface area contributed by atoms with Gasteiger partial charge in [0, 0.05) is 19.8 Å². The van der Waals surface area contributed by atoms with Crippen molar-refractivity contribution in [2.75, 3.05) is 14.2 Å². The highest BCUT2D eigenvalue weighted by Gasteiger charge is 2.45. The first-order valence-corrected chi connectivity index (χ1v) is 11.8. The summed E-state index contributed by atoms with van der Waals surface area (Å²) in [4.78, 5) is 13.1. The lowest BCUT2D eigenvalue weighted by Gasteiger charge is -2.41. The first-order valence-electron chi connectivity index (χ1n) is 8.88. The maximum atomic E-state index is 13.1. The van der Waals surface area contributed by atoms with Gasteiger partial charge in [-0.25, -0.2) is 0 Å². The summed E-state index contributed by atoms with van der Waals surface area (Å²) in [6.07, 6.45) is 9.53. The Balaban J connectivity index is 3.15. The van der Waals surface area contributed by atoms with Crippen LogP contribution in [0.2, 0.25) is 18.1 Å². The number of carbonyl (C=O) groups is 1. The Morgan fingerprint density at radius 3 is 2.36 bits per heavy atom. The van der Waals surface area contributed by atoms with Crippen LogP contribution in [0.15, 0.2) is 36.5 Å². The summed E-state index contributed by atoms with van der Waals surface area (Å²) >= 11 is 0. The standard InChI is InChI=1S/C20H34O4Si/c1-9-10-11-14-17(24-25(7,8)19(2,3)4)16-13-12-15-20(22-5,23-6)18(16)21/h9,12-13,15,17H,1,10-11,14H2,2-8H3. The molecule has 0 aromatic heterocycles. The number of hydrogen-bond acceptors (Lipinski definition) is 4. The van der Waals surface area contributed by atoms with Crippen molar-refractivity contribution in [1.82, 2.24) is 0 Å². The van der Waals surface area contributed by atoms with Crippen molar-refractivity contribution in [2.45, 2.75) is 70.1 Å². The van der Waals surface area contributed by atoms with E-state index in [1.807, 2.05) is 18.2 Å². The van der Waals surface area contributed by atoms with Gasteiger partial charge in [-0.15, -0.1) is 6.58 Å². The molecule has 0 aromatic rings. The minimum absolute atomic E-state index is 0.0669. The fourth-order valence-corrected chi connectivity index (χ4v) is 3.86. The monoisotopic (exact) mass is 366 g/mol. The molecule has 0 saturated carbocycles. The number of unbranched alkanes of at least 4 members (excludes halogenated alkanes) is 1. The normalized spacial score (nSPS) is 18.8. The van der Waals surface area contributed by atoms with Crippen LogP contribution in [0, 0.1) is 0 Å². The maximum absolute atomic E-state index is 13.1. The SMILES string of the molecule is C=CCCCC(O[Si](C)(C)C(C)(C)C)C1=CC=CC(OC)(OC)C1=O. The lowest BCUT2D eigenvalue weighted by molar-refractivity contribution is -0.183. The van der Waals surface area contributed by atoms with Gasteiger partial charge in [0.2, 0.25) is 5.78 Å². The quantitative estimate of drug-likeness (QED) is 0.255. The molecule has 0 N–H and O–H groups in total. The third kappa shape index (κ3) is 5.00. The fraction of sp³-hybridized carbons (Fsp3) is 0.650. The molecule has 0 saturated heterocycles. The summed E-state index contributed by atoms with van der Waals surface area (Å²) < 4.78 is 17.4. The molecule has 0 radical (unpaired) electrons. The highest BCUT2D eigenvalue weighted by atomic mass is 28.4. The van der Waals surface area contributed by atoms with Gasteiger partial charge in [-0.3, -0.25) is 4.79 Å². The number of rotatable bonds is 9. The summed E-state index contributed by atoms with van der Waals surface area (Å²) in [5.41, 5.74) is 0.625. The van der Waals surface area contributed by atoms with Gasteiger partial charge in [-0.2, -0.15) is 0 Å². The molecule has 1 aliphatic carbocycles. The maximum Gasteiger partial charge on any atom is 0.253 e. The first-order chi connectivity index (χ1) is 11.5. The van der Waals surface area contributed by atoms with E-state index in [4.69, 9.17) is 13.9 Å². The predicted molar refractivity (Wildman–Crippen MR) is 105 cm³/mol. The van der Waals surface area contributed by atoms with E-state index in [1.165, 1.54) is 14.2 Å². The smallest absolute Gasteiger partial charge is 0.253 e. The molecular formula is C20H34O4Si. The van der Waals surface area contributed by atoms with Crippen molar-refractivity contribution < 1.29 is 18.7 Å². The average Bonchev–Trinajstić information content (AvgIpc) is 2.53. The molecule has 1 aliphatic rings. The molecule has 0 fully saturated rings. The fourth-order valence-electron chi connectivity index (χ4n) is 2.55. The molecule has 1 unspecified atom stereocenters. The van der Waals surface area contributed by atoms with Crippen LogP contribution < -0.4 is 0 Å². The molecule has 1 atom stereocenters. The van der Waals surface area contributed by atoms with Gasteiger partial charge in [0.1, 0.15) is 0 Å². The lowest BCUT2D eigenvalue weighted by Crippen LogP contribution is -2.49. The van der Waals surface area contributed by atoms with Gasteiger partial charge in [0.25, 0.3) is 5.79 Å². The Morgan fingerprint density at radius 2 is 1.88 bits per heavy atom. The molecule has 5 heteroatoms. The highest BCUT2D eigenvalue weighted by Crippen LogP contribution is 2.39. The molecule has 0 heterocycles. The summed E-state index contributed by atoms with van der Waals surface area (Å²) in [7, 11) is 0.931. The Hall–Kier alpha value is -1.01. The number of methoxy groups -OCH3 is 2. The third-order valence-corrected chi connectivity index (χ3v) is 9.73. The molecule has 0 spiro atoms. The van der Waals surface area contributed by atoms with Gasteiger partial charge < -0.3 is 13.9 Å². The van der Waals surface area contributed by atoms with Gasteiger partial charge in [0.15, 0.2) is 8.32 Å². The zero-order valence-electron chi connectivity index (χ0n) is 16.8.